The van der Waals surface area contributed by atoms with Gasteiger partial charge in [-0.3, -0.25) is 4.79 Å². The first-order valence-electron chi connectivity index (χ1n) is 7.37. The van der Waals surface area contributed by atoms with Crippen molar-refractivity contribution >= 4 is 28.9 Å². The Morgan fingerprint density at radius 2 is 2.05 bits per heavy atom. The van der Waals surface area contributed by atoms with Gasteiger partial charge in [0.05, 0.1) is 0 Å². The smallest absolute Gasteiger partial charge is 0.143 e. The van der Waals surface area contributed by atoms with Gasteiger partial charge in [0.2, 0.25) is 0 Å². The summed E-state index contributed by atoms with van der Waals surface area (Å²) in [6.07, 6.45) is 17.7. The Labute approximate surface area is 142 Å². The van der Waals surface area contributed by atoms with Crippen LogP contribution >= 0.6 is 22.6 Å². The first-order valence-corrected chi connectivity index (χ1v) is 8.45. The third-order valence-electron chi connectivity index (χ3n) is 3.98. The lowest BCUT2D eigenvalue weighted by Gasteiger charge is -2.36. The second-order valence-corrected chi connectivity index (χ2v) is 7.52. The van der Waals surface area contributed by atoms with E-state index < -0.39 is 0 Å². The highest BCUT2D eigenvalue weighted by molar-refractivity contribution is 14.1. The molecular weight excluding hydrogens is 371 g/mol. The molecule has 2 heteroatoms. The summed E-state index contributed by atoms with van der Waals surface area (Å²) in [7, 11) is 0. The summed E-state index contributed by atoms with van der Waals surface area (Å²) in [6.45, 7) is 8.85. The van der Waals surface area contributed by atoms with Crippen LogP contribution in [0, 0.1) is 11.3 Å². The van der Waals surface area contributed by atoms with E-state index in [-0.39, 0.29) is 0 Å². The van der Waals surface area contributed by atoms with Crippen LogP contribution in [0.1, 0.15) is 40.5 Å². The molecule has 1 rings (SSSR count). The number of halogens is 1. The normalized spacial score (nSPS) is 23.7. The molecule has 0 saturated heterocycles. The van der Waals surface area contributed by atoms with Gasteiger partial charge in [-0.15, -0.1) is 0 Å². The molecule has 1 nitrogen and oxygen atoms in total. The van der Waals surface area contributed by atoms with Gasteiger partial charge in [0.25, 0.3) is 0 Å². The highest BCUT2D eigenvalue weighted by Gasteiger charge is 2.30. The lowest BCUT2D eigenvalue weighted by molar-refractivity contribution is -0.104. The van der Waals surface area contributed by atoms with E-state index in [2.05, 4.69) is 67.7 Å². The molecule has 1 unspecified atom stereocenters. The molecule has 0 amide bonds. The molecule has 1 aliphatic rings. The van der Waals surface area contributed by atoms with Crippen LogP contribution in [0.2, 0.25) is 0 Å². The summed E-state index contributed by atoms with van der Waals surface area (Å²) < 4.78 is 1.19. The molecule has 1 atom stereocenters. The quantitative estimate of drug-likeness (QED) is 0.185. The van der Waals surface area contributed by atoms with E-state index in [1.165, 1.54) is 22.0 Å². The second kappa shape index (κ2) is 8.52. The van der Waals surface area contributed by atoms with Crippen molar-refractivity contribution in [2.24, 2.45) is 11.3 Å². The van der Waals surface area contributed by atoms with Crippen molar-refractivity contribution in [3.8, 4) is 0 Å². The van der Waals surface area contributed by atoms with Crippen molar-refractivity contribution in [2.45, 2.75) is 40.5 Å². The zero-order valence-corrected chi connectivity index (χ0v) is 15.6. The van der Waals surface area contributed by atoms with Gasteiger partial charge in [-0.1, -0.05) is 49.8 Å². The zero-order valence-electron chi connectivity index (χ0n) is 13.4. The maximum Gasteiger partial charge on any atom is 0.143 e. The van der Waals surface area contributed by atoms with E-state index in [1.54, 1.807) is 6.08 Å². The van der Waals surface area contributed by atoms with Gasteiger partial charge in [0.15, 0.2) is 0 Å². The fourth-order valence-corrected chi connectivity index (χ4v) is 3.10. The number of carbonyl (C=O) groups excluding carboxylic acids is 1. The second-order valence-electron chi connectivity index (χ2n) is 6.27. The van der Waals surface area contributed by atoms with Crippen molar-refractivity contribution in [2.75, 3.05) is 0 Å². The predicted octanol–water partition coefficient (Wildman–Crippen LogP) is 5.95. The van der Waals surface area contributed by atoms with Gasteiger partial charge in [-0.2, -0.15) is 0 Å². The van der Waals surface area contributed by atoms with Crippen molar-refractivity contribution in [3.05, 3.63) is 57.3 Å². The predicted molar refractivity (Wildman–Crippen MR) is 100 cm³/mol. The van der Waals surface area contributed by atoms with Gasteiger partial charge in [0.1, 0.15) is 6.29 Å². The van der Waals surface area contributed by atoms with Gasteiger partial charge in [-0.25, -0.2) is 0 Å². The Balaban J connectivity index is 2.75. The molecule has 0 fully saturated rings. The maximum absolute atomic E-state index is 10.3. The number of aldehydes is 1. The van der Waals surface area contributed by atoms with Crippen LogP contribution in [0.4, 0.5) is 0 Å². The average molecular weight is 396 g/mol. The van der Waals surface area contributed by atoms with Crippen molar-refractivity contribution in [1.29, 1.82) is 0 Å². The van der Waals surface area contributed by atoms with Crippen LogP contribution < -0.4 is 0 Å². The molecule has 0 aliphatic heterocycles. The molecule has 21 heavy (non-hydrogen) atoms. The fourth-order valence-electron chi connectivity index (χ4n) is 2.68. The first kappa shape index (κ1) is 18.1. The van der Waals surface area contributed by atoms with Crippen LogP contribution in [0.5, 0.6) is 0 Å². The molecule has 0 spiro atoms. The highest BCUT2D eigenvalue weighted by atomic mass is 127. The SMILES string of the molecule is CC1=CCCC(C)(C)C1/C=C/C(I)=C/C=C/C(C)=C/C=O. The van der Waals surface area contributed by atoms with E-state index in [9.17, 15) is 4.79 Å². The number of allylic oxidation sites excluding steroid dienone is 10. The molecule has 0 radical (unpaired) electrons. The summed E-state index contributed by atoms with van der Waals surface area (Å²) in [5, 5.41) is 0. The number of hydrogen-bond donors (Lipinski definition) is 0. The first-order chi connectivity index (χ1) is 9.86. The van der Waals surface area contributed by atoms with Crippen LogP contribution in [0.15, 0.2) is 57.3 Å². The third kappa shape index (κ3) is 6.16. The minimum atomic E-state index is 0.339. The van der Waals surface area contributed by atoms with Crippen LogP contribution in [-0.2, 0) is 4.79 Å². The minimum Gasteiger partial charge on any atom is -0.299 e. The summed E-state index contributed by atoms with van der Waals surface area (Å²) in [5.41, 5.74) is 2.78. The topological polar surface area (TPSA) is 17.1 Å². The molecule has 0 aromatic carbocycles. The van der Waals surface area contributed by atoms with Crippen LogP contribution in [0.3, 0.4) is 0 Å². The van der Waals surface area contributed by atoms with E-state index in [0.717, 1.165) is 11.9 Å². The Kier molecular flexibility index (Phi) is 7.36. The molecular formula is C19H25IO. The number of hydrogen-bond acceptors (Lipinski definition) is 1. The zero-order chi connectivity index (χ0) is 15.9. The van der Waals surface area contributed by atoms with Gasteiger partial charge >= 0.3 is 0 Å². The largest absolute Gasteiger partial charge is 0.299 e. The number of rotatable bonds is 5. The van der Waals surface area contributed by atoms with Crippen molar-refractivity contribution in [3.63, 3.8) is 0 Å². The summed E-state index contributed by atoms with van der Waals surface area (Å²) in [5.74, 6) is 0.519. The van der Waals surface area contributed by atoms with E-state index in [1.807, 2.05) is 19.1 Å². The molecule has 0 N–H and O–H groups in total. The van der Waals surface area contributed by atoms with Gasteiger partial charge in [0, 0.05) is 9.50 Å². The fraction of sp³-hybridized carbons (Fsp3) is 0.421. The third-order valence-corrected chi connectivity index (χ3v) is 4.70. The molecule has 0 bridgehead atoms. The maximum atomic E-state index is 10.3. The van der Waals surface area contributed by atoms with E-state index >= 15 is 0 Å². The van der Waals surface area contributed by atoms with Crippen molar-refractivity contribution in [1.82, 2.24) is 0 Å². The van der Waals surface area contributed by atoms with E-state index in [4.69, 9.17) is 0 Å². The summed E-state index contributed by atoms with van der Waals surface area (Å²) in [4.78, 5) is 10.3. The molecule has 0 heterocycles. The molecule has 0 aromatic rings. The van der Waals surface area contributed by atoms with E-state index in [0.29, 0.717) is 11.3 Å². The Morgan fingerprint density at radius 1 is 1.33 bits per heavy atom. The standard InChI is InChI=1S/C19H25IO/c1-15(12-14-21)7-5-9-17(20)10-11-18-16(2)8-6-13-19(18,3)4/h5,7-12,14,18H,6,13H2,1-4H3/b7-5+,11-10+,15-12+,17-9-. The Bertz CT molecular complexity index is 516. The molecule has 0 aromatic heterocycles. The number of carbonyl (C=O) groups is 1. The summed E-state index contributed by atoms with van der Waals surface area (Å²) >= 11 is 2.34. The van der Waals surface area contributed by atoms with Crippen molar-refractivity contribution < 1.29 is 4.79 Å². The lowest BCUT2D eigenvalue weighted by Crippen LogP contribution is -2.26. The minimum absolute atomic E-state index is 0.339. The highest BCUT2D eigenvalue weighted by Crippen LogP contribution is 2.41. The average Bonchev–Trinajstić information content (AvgIpc) is 2.37. The van der Waals surface area contributed by atoms with Crippen LogP contribution in [0.25, 0.3) is 0 Å². The van der Waals surface area contributed by atoms with Gasteiger partial charge < -0.3 is 0 Å². The Hall–Kier alpha value is -0.900. The molecule has 114 valence electrons. The lowest BCUT2D eigenvalue weighted by atomic mass is 9.68. The Morgan fingerprint density at radius 3 is 2.67 bits per heavy atom. The molecule has 1 aliphatic carbocycles. The van der Waals surface area contributed by atoms with Gasteiger partial charge in [-0.05, 0) is 72.4 Å². The molecule has 0 saturated carbocycles. The monoisotopic (exact) mass is 396 g/mol. The van der Waals surface area contributed by atoms with Crippen LogP contribution in [-0.4, -0.2) is 6.29 Å². The summed E-state index contributed by atoms with van der Waals surface area (Å²) in [6, 6.07) is 0.